The molecule has 0 fully saturated rings. The Morgan fingerprint density at radius 3 is 2.57 bits per heavy atom. The number of Topliss-reactive ketones (excluding diaryl/α,β-unsaturated/α-hetero) is 1. The van der Waals surface area contributed by atoms with Gasteiger partial charge in [-0.2, -0.15) is 0 Å². The van der Waals surface area contributed by atoms with Crippen LogP contribution in [0.4, 0.5) is 4.39 Å². The molecule has 0 aliphatic rings. The summed E-state index contributed by atoms with van der Waals surface area (Å²) < 4.78 is 15.7. The highest BCUT2D eigenvalue weighted by molar-refractivity contribution is 5.80. The number of carbonyl (C=O) groups excluding carboxylic acids is 1. The summed E-state index contributed by atoms with van der Waals surface area (Å²) in [5, 5.41) is 0. The molecule has 0 radical (unpaired) electrons. The zero-order chi connectivity index (χ0) is 15.4. The van der Waals surface area contributed by atoms with Gasteiger partial charge in [-0.25, -0.2) is 9.18 Å². The van der Waals surface area contributed by atoms with Crippen molar-refractivity contribution in [1.29, 1.82) is 0 Å². The van der Waals surface area contributed by atoms with Crippen LogP contribution in [0.3, 0.4) is 0 Å². The highest BCUT2D eigenvalue weighted by Gasteiger charge is 2.12. The summed E-state index contributed by atoms with van der Waals surface area (Å²) in [7, 11) is 0. The largest absolute Gasteiger partial charge is 0.331 e. The Bertz CT molecular complexity index is 777. The molecule has 0 bridgehead atoms. The van der Waals surface area contributed by atoms with Gasteiger partial charge in [0.2, 0.25) is 0 Å². The van der Waals surface area contributed by atoms with Crippen molar-refractivity contribution in [2.45, 2.75) is 26.4 Å². The second-order valence-electron chi connectivity index (χ2n) is 4.62. The number of ketones is 1. The zero-order valence-corrected chi connectivity index (χ0v) is 11.6. The average molecular weight is 290 g/mol. The van der Waals surface area contributed by atoms with E-state index in [4.69, 9.17) is 0 Å². The van der Waals surface area contributed by atoms with E-state index in [-0.39, 0.29) is 18.5 Å². The van der Waals surface area contributed by atoms with Gasteiger partial charge in [-0.15, -0.1) is 0 Å². The molecule has 2 rings (SSSR count). The van der Waals surface area contributed by atoms with Crippen LogP contribution in [0, 0.1) is 5.82 Å². The fraction of sp³-hybridized carbons (Fsp3) is 0.267. The third kappa shape index (κ3) is 3.34. The lowest BCUT2D eigenvalue weighted by atomic mass is 10.1. The van der Waals surface area contributed by atoms with E-state index in [0.717, 1.165) is 4.57 Å². The van der Waals surface area contributed by atoms with Crippen LogP contribution in [0.1, 0.15) is 12.5 Å². The first-order chi connectivity index (χ1) is 10.0. The van der Waals surface area contributed by atoms with Crippen molar-refractivity contribution in [2.24, 2.45) is 0 Å². The molecule has 0 amide bonds. The molecule has 21 heavy (non-hydrogen) atoms. The van der Waals surface area contributed by atoms with Crippen LogP contribution in [0.5, 0.6) is 0 Å². The van der Waals surface area contributed by atoms with Crippen molar-refractivity contribution in [3.8, 4) is 0 Å². The maximum atomic E-state index is 13.5. The van der Waals surface area contributed by atoms with Crippen LogP contribution < -0.4 is 11.2 Å². The van der Waals surface area contributed by atoms with E-state index in [1.807, 2.05) is 0 Å². The molecule has 1 aromatic heterocycles. The van der Waals surface area contributed by atoms with Crippen molar-refractivity contribution < 1.29 is 9.18 Å². The maximum absolute atomic E-state index is 13.5. The van der Waals surface area contributed by atoms with Crippen molar-refractivity contribution in [3.63, 3.8) is 0 Å². The lowest BCUT2D eigenvalue weighted by molar-refractivity contribution is -0.119. The van der Waals surface area contributed by atoms with Crippen molar-refractivity contribution in [1.82, 2.24) is 9.13 Å². The molecule has 5 nitrogen and oxygen atoms in total. The Hall–Kier alpha value is -2.50. The number of halogens is 1. The molecule has 0 aliphatic carbocycles. The van der Waals surface area contributed by atoms with Crippen LogP contribution in [-0.2, 0) is 24.3 Å². The number of rotatable bonds is 5. The third-order valence-electron chi connectivity index (χ3n) is 3.16. The topological polar surface area (TPSA) is 61.1 Å². The molecule has 1 heterocycles. The van der Waals surface area contributed by atoms with E-state index in [1.165, 1.54) is 35.0 Å². The molecule has 0 atom stereocenters. The van der Waals surface area contributed by atoms with Gasteiger partial charge in [0.1, 0.15) is 5.82 Å². The fourth-order valence-corrected chi connectivity index (χ4v) is 2.03. The smallest absolute Gasteiger partial charge is 0.301 e. The second-order valence-corrected chi connectivity index (χ2v) is 4.62. The van der Waals surface area contributed by atoms with Crippen LogP contribution in [0.2, 0.25) is 0 Å². The Kier molecular flexibility index (Phi) is 4.47. The number of aromatic nitrogens is 2. The molecule has 0 saturated heterocycles. The van der Waals surface area contributed by atoms with Crippen LogP contribution in [-0.4, -0.2) is 14.9 Å². The summed E-state index contributed by atoms with van der Waals surface area (Å²) >= 11 is 0. The monoisotopic (exact) mass is 290 g/mol. The molecular weight excluding hydrogens is 275 g/mol. The summed E-state index contributed by atoms with van der Waals surface area (Å²) in [6, 6.07) is 7.17. The molecule has 0 N–H and O–H groups in total. The van der Waals surface area contributed by atoms with Gasteiger partial charge in [-0.1, -0.05) is 18.2 Å². The lowest BCUT2D eigenvalue weighted by Gasteiger charge is -2.08. The standard InChI is InChI=1S/C15H15FN2O3/c1-2-17-8-7-14(20)18(15(17)21)10-12(19)9-11-5-3-4-6-13(11)16/h3-8H,2,9-10H2,1H3. The van der Waals surface area contributed by atoms with Gasteiger partial charge in [0.15, 0.2) is 5.78 Å². The van der Waals surface area contributed by atoms with Gasteiger partial charge in [0.25, 0.3) is 5.56 Å². The quantitative estimate of drug-likeness (QED) is 0.824. The molecular formula is C15H15FN2O3. The van der Waals surface area contributed by atoms with Gasteiger partial charge in [0, 0.05) is 25.2 Å². The summed E-state index contributed by atoms with van der Waals surface area (Å²) in [5.74, 6) is -0.870. The predicted octanol–water partition coefficient (Wildman–Crippen LogP) is 0.981. The van der Waals surface area contributed by atoms with Crippen LogP contribution >= 0.6 is 0 Å². The van der Waals surface area contributed by atoms with Gasteiger partial charge in [0.05, 0.1) is 6.54 Å². The van der Waals surface area contributed by atoms with E-state index in [9.17, 15) is 18.8 Å². The number of carbonyl (C=O) groups is 1. The third-order valence-corrected chi connectivity index (χ3v) is 3.16. The van der Waals surface area contributed by atoms with E-state index >= 15 is 0 Å². The molecule has 0 aliphatic heterocycles. The predicted molar refractivity (Wildman–Crippen MR) is 75.7 cm³/mol. The molecule has 0 spiro atoms. The van der Waals surface area contributed by atoms with Crippen LogP contribution in [0.25, 0.3) is 0 Å². The fourth-order valence-electron chi connectivity index (χ4n) is 2.03. The highest BCUT2D eigenvalue weighted by Crippen LogP contribution is 2.07. The molecule has 1 aromatic carbocycles. The summed E-state index contributed by atoms with van der Waals surface area (Å²) in [6.45, 7) is 1.81. The first-order valence-electron chi connectivity index (χ1n) is 6.58. The van der Waals surface area contributed by atoms with E-state index < -0.39 is 22.8 Å². The number of hydrogen-bond acceptors (Lipinski definition) is 3. The SMILES string of the molecule is CCn1ccc(=O)n(CC(=O)Cc2ccccc2F)c1=O. The lowest BCUT2D eigenvalue weighted by Crippen LogP contribution is -2.40. The average Bonchev–Trinajstić information content (AvgIpc) is 2.46. The Morgan fingerprint density at radius 1 is 1.19 bits per heavy atom. The minimum Gasteiger partial charge on any atom is -0.301 e. The van der Waals surface area contributed by atoms with Gasteiger partial charge < -0.3 is 4.57 Å². The number of hydrogen-bond donors (Lipinski definition) is 0. The minimum atomic E-state index is -0.536. The highest BCUT2D eigenvalue weighted by atomic mass is 19.1. The molecule has 6 heteroatoms. The van der Waals surface area contributed by atoms with Crippen LogP contribution in [0.15, 0.2) is 46.1 Å². The normalized spacial score (nSPS) is 10.6. The molecule has 110 valence electrons. The molecule has 0 saturated carbocycles. The number of benzene rings is 1. The second kappa shape index (κ2) is 6.30. The van der Waals surface area contributed by atoms with Gasteiger partial charge >= 0.3 is 5.69 Å². The zero-order valence-electron chi connectivity index (χ0n) is 11.6. The molecule has 2 aromatic rings. The number of nitrogens with zero attached hydrogens (tertiary/aromatic N) is 2. The van der Waals surface area contributed by atoms with Crippen molar-refractivity contribution in [2.75, 3.05) is 0 Å². The van der Waals surface area contributed by atoms with Crippen molar-refractivity contribution in [3.05, 3.63) is 68.7 Å². The summed E-state index contributed by atoms with van der Waals surface area (Å²) in [4.78, 5) is 35.6. The first kappa shape index (κ1) is 14.9. The number of aryl methyl sites for hydroxylation is 1. The molecule has 0 unspecified atom stereocenters. The summed E-state index contributed by atoms with van der Waals surface area (Å²) in [5.41, 5.74) is -0.819. The Labute approximate surface area is 120 Å². The van der Waals surface area contributed by atoms with Gasteiger partial charge in [-0.3, -0.25) is 14.2 Å². The maximum Gasteiger partial charge on any atom is 0.331 e. The van der Waals surface area contributed by atoms with E-state index in [0.29, 0.717) is 6.54 Å². The Balaban J connectivity index is 2.23. The van der Waals surface area contributed by atoms with Gasteiger partial charge in [-0.05, 0) is 18.6 Å². The van der Waals surface area contributed by atoms with E-state index in [2.05, 4.69) is 0 Å². The first-order valence-corrected chi connectivity index (χ1v) is 6.58. The Morgan fingerprint density at radius 2 is 1.90 bits per heavy atom. The van der Waals surface area contributed by atoms with E-state index in [1.54, 1.807) is 13.0 Å². The minimum absolute atomic E-state index is 0.153. The van der Waals surface area contributed by atoms with Crippen molar-refractivity contribution >= 4 is 5.78 Å². The summed E-state index contributed by atoms with van der Waals surface area (Å²) in [6.07, 6.45) is 1.24.